The van der Waals surface area contributed by atoms with E-state index >= 15 is 0 Å². The summed E-state index contributed by atoms with van der Waals surface area (Å²) in [5.74, 6) is -1.67. The Bertz CT molecular complexity index is 422. The zero-order valence-corrected chi connectivity index (χ0v) is 10.3. The van der Waals surface area contributed by atoms with Gasteiger partial charge in [-0.15, -0.1) is 0 Å². The second-order valence-electron chi connectivity index (χ2n) is 4.37. The number of nitrogens with zero attached hydrogens (tertiary/aromatic N) is 1. The molecule has 17 heavy (non-hydrogen) atoms. The first-order chi connectivity index (χ1) is 7.90. The monoisotopic (exact) mass is 237 g/mol. The van der Waals surface area contributed by atoms with Crippen LogP contribution in [0.3, 0.4) is 0 Å². The van der Waals surface area contributed by atoms with Gasteiger partial charge in [0.1, 0.15) is 0 Å². The van der Waals surface area contributed by atoms with E-state index in [9.17, 15) is 8.78 Å². The van der Waals surface area contributed by atoms with Gasteiger partial charge >= 0.3 is 0 Å². The number of anilines is 1. The number of hydrogen-bond donors (Lipinski definition) is 0. The highest BCUT2D eigenvalue weighted by molar-refractivity contribution is 5.49. The van der Waals surface area contributed by atoms with Crippen LogP contribution in [-0.4, -0.2) is 13.1 Å². The SMILES string of the molecule is C=C(C)CN(CC(=C)C)c1ccc(F)c(F)c1. The third kappa shape index (κ3) is 4.02. The molecular weight excluding hydrogens is 220 g/mol. The lowest BCUT2D eigenvalue weighted by Gasteiger charge is -2.25. The van der Waals surface area contributed by atoms with E-state index in [2.05, 4.69) is 13.2 Å². The maximum atomic E-state index is 13.2. The van der Waals surface area contributed by atoms with Crippen LogP contribution in [-0.2, 0) is 0 Å². The van der Waals surface area contributed by atoms with Gasteiger partial charge < -0.3 is 4.90 Å². The Balaban J connectivity index is 2.98. The highest BCUT2D eigenvalue weighted by Gasteiger charge is 2.10. The molecule has 0 aliphatic carbocycles. The summed E-state index contributed by atoms with van der Waals surface area (Å²) in [5.41, 5.74) is 2.54. The van der Waals surface area contributed by atoms with E-state index in [0.29, 0.717) is 18.8 Å². The molecule has 0 aliphatic heterocycles. The minimum atomic E-state index is -0.837. The van der Waals surface area contributed by atoms with E-state index in [1.54, 1.807) is 6.07 Å². The summed E-state index contributed by atoms with van der Waals surface area (Å²) < 4.78 is 26.0. The number of rotatable bonds is 5. The molecule has 0 fully saturated rings. The second-order valence-corrected chi connectivity index (χ2v) is 4.37. The average molecular weight is 237 g/mol. The fourth-order valence-corrected chi connectivity index (χ4v) is 1.57. The van der Waals surface area contributed by atoms with Gasteiger partial charge in [0.05, 0.1) is 0 Å². The molecule has 0 saturated carbocycles. The Kier molecular flexibility index (Phi) is 4.44. The van der Waals surface area contributed by atoms with Crippen LogP contribution in [0.4, 0.5) is 14.5 Å². The molecule has 0 heterocycles. The summed E-state index contributed by atoms with van der Waals surface area (Å²) in [6.45, 7) is 12.6. The molecule has 0 aromatic heterocycles. The van der Waals surface area contributed by atoms with Gasteiger partial charge in [-0.3, -0.25) is 0 Å². The van der Waals surface area contributed by atoms with Gasteiger partial charge in [0.15, 0.2) is 11.6 Å². The molecule has 0 atom stereocenters. The molecule has 0 amide bonds. The van der Waals surface area contributed by atoms with Crippen LogP contribution in [0, 0.1) is 11.6 Å². The van der Waals surface area contributed by atoms with Crippen molar-refractivity contribution in [1.29, 1.82) is 0 Å². The van der Waals surface area contributed by atoms with Gasteiger partial charge in [-0.1, -0.05) is 24.3 Å². The van der Waals surface area contributed by atoms with Crippen molar-refractivity contribution in [2.75, 3.05) is 18.0 Å². The summed E-state index contributed by atoms with van der Waals surface area (Å²) in [7, 11) is 0. The molecule has 0 bridgehead atoms. The zero-order valence-electron chi connectivity index (χ0n) is 10.3. The maximum Gasteiger partial charge on any atom is 0.160 e. The van der Waals surface area contributed by atoms with E-state index in [0.717, 1.165) is 17.2 Å². The number of hydrogen-bond acceptors (Lipinski definition) is 1. The van der Waals surface area contributed by atoms with E-state index in [1.807, 2.05) is 18.7 Å². The number of benzene rings is 1. The third-order valence-electron chi connectivity index (χ3n) is 2.19. The standard InChI is InChI=1S/C14H17F2N/c1-10(2)8-17(9-11(3)4)12-5-6-13(15)14(16)7-12/h5-7H,1,3,8-9H2,2,4H3. The van der Waals surface area contributed by atoms with Crippen LogP contribution in [0.15, 0.2) is 42.5 Å². The predicted molar refractivity (Wildman–Crippen MR) is 68.2 cm³/mol. The first-order valence-corrected chi connectivity index (χ1v) is 5.39. The molecule has 1 rings (SSSR count). The zero-order chi connectivity index (χ0) is 13.0. The van der Waals surface area contributed by atoms with Crippen molar-refractivity contribution >= 4 is 5.69 Å². The van der Waals surface area contributed by atoms with E-state index < -0.39 is 11.6 Å². The molecular formula is C14H17F2N. The van der Waals surface area contributed by atoms with E-state index in [-0.39, 0.29) is 0 Å². The summed E-state index contributed by atoms with van der Waals surface area (Å²) in [4.78, 5) is 1.91. The van der Waals surface area contributed by atoms with Gasteiger partial charge in [-0.25, -0.2) is 8.78 Å². The van der Waals surface area contributed by atoms with Gasteiger partial charge in [0, 0.05) is 24.8 Å². The topological polar surface area (TPSA) is 3.24 Å². The highest BCUT2D eigenvalue weighted by atomic mass is 19.2. The Morgan fingerprint density at radius 3 is 2.00 bits per heavy atom. The van der Waals surface area contributed by atoms with Crippen molar-refractivity contribution in [3.8, 4) is 0 Å². The molecule has 0 spiro atoms. The Labute approximate surface area is 101 Å². The van der Waals surface area contributed by atoms with Crippen molar-refractivity contribution in [2.24, 2.45) is 0 Å². The first-order valence-electron chi connectivity index (χ1n) is 5.39. The second kappa shape index (κ2) is 5.62. The van der Waals surface area contributed by atoms with Crippen LogP contribution < -0.4 is 4.90 Å². The summed E-state index contributed by atoms with van der Waals surface area (Å²) in [5, 5.41) is 0. The molecule has 0 radical (unpaired) electrons. The van der Waals surface area contributed by atoms with Crippen LogP contribution in [0.2, 0.25) is 0 Å². The molecule has 3 heteroatoms. The predicted octanol–water partition coefficient (Wildman–Crippen LogP) is 3.92. The lowest BCUT2D eigenvalue weighted by atomic mass is 10.2. The highest BCUT2D eigenvalue weighted by Crippen LogP contribution is 2.19. The molecule has 1 aromatic carbocycles. The summed E-state index contributed by atoms with van der Waals surface area (Å²) >= 11 is 0. The van der Waals surface area contributed by atoms with Crippen molar-refractivity contribution in [3.63, 3.8) is 0 Å². The fraction of sp³-hybridized carbons (Fsp3) is 0.286. The molecule has 0 saturated heterocycles. The van der Waals surface area contributed by atoms with Gasteiger partial charge in [0.25, 0.3) is 0 Å². The van der Waals surface area contributed by atoms with Crippen molar-refractivity contribution < 1.29 is 8.78 Å². The van der Waals surface area contributed by atoms with Crippen molar-refractivity contribution in [2.45, 2.75) is 13.8 Å². The molecule has 0 aliphatic rings. The fourth-order valence-electron chi connectivity index (χ4n) is 1.57. The normalized spacial score (nSPS) is 10.1. The summed E-state index contributed by atoms with van der Waals surface area (Å²) in [6, 6.07) is 3.89. The van der Waals surface area contributed by atoms with Crippen LogP contribution >= 0.6 is 0 Å². The van der Waals surface area contributed by atoms with Crippen LogP contribution in [0.25, 0.3) is 0 Å². The van der Waals surface area contributed by atoms with Gasteiger partial charge in [-0.2, -0.15) is 0 Å². The Morgan fingerprint density at radius 1 is 1.06 bits per heavy atom. The Morgan fingerprint density at radius 2 is 1.59 bits per heavy atom. The molecule has 1 aromatic rings. The maximum absolute atomic E-state index is 13.2. The van der Waals surface area contributed by atoms with Crippen LogP contribution in [0.5, 0.6) is 0 Å². The third-order valence-corrected chi connectivity index (χ3v) is 2.19. The van der Waals surface area contributed by atoms with Crippen LogP contribution in [0.1, 0.15) is 13.8 Å². The minimum absolute atomic E-state index is 0.595. The lowest BCUT2D eigenvalue weighted by Crippen LogP contribution is -2.26. The number of halogens is 2. The quantitative estimate of drug-likeness (QED) is 0.701. The smallest absolute Gasteiger partial charge is 0.160 e. The molecule has 0 unspecified atom stereocenters. The largest absolute Gasteiger partial charge is 0.363 e. The lowest BCUT2D eigenvalue weighted by molar-refractivity contribution is 0.508. The van der Waals surface area contributed by atoms with Crippen molar-refractivity contribution in [1.82, 2.24) is 0 Å². The minimum Gasteiger partial charge on any atom is -0.363 e. The average Bonchev–Trinajstić information content (AvgIpc) is 2.19. The molecule has 92 valence electrons. The van der Waals surface area contributed by atoms with Gasteiger partial charge in [-0.05, 0) is 26.0 Å². The molecule has 1 nitrogen and oxygen atoms in total. The Hall–Kier alpha value is -1.64. The van der Waals surface area contributed by atoms with E-state index in [1.165, 1.54) is 6.07 Å². The van der Waals surface area contributed by atoms with Crippen molar-refractivity contribution in [3.05, 3.63) is 54.1 Å². The first kappa shape index (κ1) is 13.4. The van der Waals surface area contributed by atoms with Gasteiger partial charge in [0.2, 0.25) is 0 Å². The molecule has 0 N–H and O–H groups in total. The summed E-state index contributed by atoms with van der Waals surface area (Å²) in [6.07, 6.45) is 0. The van der Waals surface area contributed by atoms with E-state index in [4.69, 9.17) is 0 Å².